The molecule has 16 heavy (non-hydrogen) atoms. The number of hydrogen-bond donors (Lipinski definition) is 0. The summed E-state index contributed by atoms with van der Waals surface area (Å²) in [6.07, 6.45) is 0.715. The predicted molar refractivity (Wildman–Crippen MR) is 72.0 cm³/mol. The summed E-state index contributed by atoms with van der Waals surface area (Å²) in [5.74, 6) is 11.8. The number of benzene rings is 1. The lowest BCUT2D eigenvalue weighted by Crippen LogP contribution is -1.83. The van der Waals surface area contributed by atoms with Gasteiger partial charge >= 0.3 is 0 Å². The van der Waals surface area contributed by atoms with E-state index >= 15 is 0 Å². The van der Waals surface area contributed by atoms with Crippen LogP contribution in [0.5, 0.6) is 0 Å². The molecule has 0 amide bonds. The van der Waals surface area contributed by atoms with Crippen LogP contribution in [0, 0.1) is 23.7 Å². The molecule has 1 aromatic rings. The van der Waals surface area contributed by atoms with Crippen molar-refractivity contribution in [3.05, 3.63) is 35.9 Å². The minimum atomic E-state index is 0.659. The van der Waals surface area contributed by atoms with Gasteiger partial charge in [-0.2, -0.15) is 0 Å². The highest BCUT2D eigenvalue weighted by atomic mass is 14.0. The minimum Gasteiger partial charge on any atom is -0.106 e. The topological polar surface area (TPSA) is 0 Å². The van der Waals surface area contributed by atoms with Crippen molar-refractivity contribution in [3.8, 4) is 23.7 Å². The minimum absolute atomic E-state index is 0.659. The fraction of sp³-hybridized carbons (Fsp3) is 0.375. The Morgan fingerprint density at radius 2 is 1.44 bits per heavy atom. The molecule has 0 heterocycles. The van der Waals surface area contributed by atoms with Crippen LogP contribution in [0.3, 0.4) is 0 Å². The van der Waals surface area contributed by atoms with Crippen molar-refractivity contribution < 1.29 is 0 Å². The first-order valence-electron chi connectivity index (χ1n) is 5.56. The van der Waals surface area contributed by atoms with Gasteiger partial charge in [0, 0.05) is 0 Å². The first-order valence-corrected chi connectivity index (χ1v) is 5.56. The summed E-state index contributed by atoms with van der Waals surface area (Å²) in [6, 6.07) is 10.5. The van der Waals surface area contributed by atoms with E-state index in [4.69, 9.17) is 0 Å². The molecule has 0 saturated carbocycles. The second kappa shape index (κ2) is 9.88. The molecule has 84 valence electrons. The van der Waals surface area contributed by atoms with Crippen molar-refractivity contribution in [1.82, 2.24) is 0 Å². The molecule has 0 nitrogen and oxygen atoms in total. The normalized spacial score (nSPS) is 7.81. The molecule has 1 aromatic carbocycles. The van der Waals surface area contributed by atoms with Crippen LogP contribution in [0.4, 0.5) is 0 Å². The maximum absolute atomic E-state index is 2.83. The third-order valence-corrected chi connectivity index (χ3v) is 2.00. The fourth-order valence-corrected chi connectivity index (χ4v) is 1.06. The molecule has 0 unspecified atom stereocenters. The van der Waals surface area contributed by atoms with Crippen LogP contribution in [0.15, 0.2) is 30.3 Å². The standard InChI is InChI=1S/C9H12.C7H8/c1-8(2)9-6-4-3-5-7-9;1-3-5-7-6-4-2/h3-8H,1-2H3;7H2,1-2H3. The zero-order chi connectivity index (χ0) is 12.2. The Morgan fingerprint density at radius 1 is 0.938 bits per heavy atom. The molecular weight excluding hydrogens is 192 g/mol. The van der Waals surface area contributed by atoms with Gasteiger partial charge in [0.05, 0.1) is 6.42 Å². The average Bonchev–Trinajstić information content (AvgIpc) is 2.32. The highest BCUT2D eigenvalue weighted by molar-refractivity contribution is 5.17. The molecule has 0 fully saturated rings. The summed E-state index contributed by atoms with van der Waals surface area (Å²) in [5, 5.41) is 0. The lowest BCUT2D eigenvalue weighted by atomic mass is 10.0. The zero-order valence-corrected chi connectivity index (χ0v) is 10.7. The first-order chi connectivity index (χ1) is 7.72. The van der Waals surface area contributed by atoms with Crippen molar-refractivity contribution in [2.75, 3.05) is 0 Å². The van der Waals surface area contributed by atoms with Crippen LogP contribution in [0.2, 0.25) is 0 Å². The molecule has 0 atom stereocenters. The van der Waals surface area contributed by atoms with Crippen molar-refractivity contribution in [2.24, 2.45) is 0 Å². The predicted octanol–water partition coefficient (Wildman–Crippen LogP) is 4.23. The fourth-order valence-electron chi connectivity index (χ4n) is 1.06. The summed E-state index contributed by atoms with van der Waals surface area (Å²) >= 11 is 0. The molecule has 0 saturated heterocycles. The molecule has 0 aromatic heterocycles. The lowest BCUT2D eigenvalue weighted by molar-refractivity contribution is 0.867. The largest absolute Gasteiger partial charge is 0.106 e. The van der Waals surface area contributed by atoms with E-state index < -0.39 is 0 Å². The van der Waals surface area contributed by atoms with Crippen molar-refractivity contribution in [1.29, 1.82) is 0 Å². The summed E-state index contributed by atoms with van der Waals surface area (Å²) in [6.45, 7) is 8.04. The van der Waals surface area contributed by atoms with E-state index in [1.807, 2.05) is 19.9 Å². The Hall–Kier alpha value is -1.66. The molecule has 0 radical (unpaired) electrons. The van der Waals surface area contributed by atoms with E-state index in [9.17, 15) is 0 Å². The van der Waals surface area contributed by atoms with E-state index in [1.54, 1.807) is 0 Å². The smallest absolute Gasteiger partial charge is 0.0702 e. The van der Waals surface area contributed by atoms with Gasteiger partial charge in [0.1, 0.15) is 0 Å². The molecule has 0 aliphatic carbocycles. The maximum Gasteiger partial charge on any atom is 0.0702 e. The van der Waals surface area contributed by atoms with Crippen LogP contribution in [-0.4, -0.2) is 0 Å². The highest BCUT2D eigenvalue weighted by Gasteiger charge is 1.93. The lowest BCUT2D eigenvalue weighted by Gasteiger charge is -2.01. The molecule has 0 bridgehead atoms. The third kappa shape index (κ3) is 7.72. The Balaban J connectivity index is 0.000000293. The van der Waals surface area contributed by atoms with Crippen LogP contribution >= 0.6 is 0 Å². The summed E-state index contributed by atoms with van der Waals surface area (Å²) in [5.41, 5.74) is 1.41. The van der Waals surface area contributed by atoms with Gasteiger partial charge in [-0.05, 0) is 25.3 Å². The van der Waals surface area contributed by atoms with Crippen LogP contribution in [-0.2, 0) is 0 Å². The van der Waals surface area contributed by atoms with Gasteiger partial charge in [-0.15, -0.1) is 11.8 Å². The van der Waals surface area contributed by atoms with Gasteiger partial charge in [-0.3, -0.25) is 0 Å². The Labute approximate surface area is 100 Å². The molecule has 0 heteroatoms. The van der Waals surface area contributed by atoms with Gasteiger partial charge in [-0.25, -0.2) is 0 Å². The monoisotopic (exact) mass is 212 g/mol. The van der Waals surface area contributed by atoms with Gasteiger partial charge in [0.15, 0.2) is 0 Å². The quantitative estimate of drug-likeness (QED) is 0.611. The summed E-state index contributed by atoms with van der Waals surface area (Å²) in [4.78, 5) is 0. The van der Waals surface area contributed by atoms with Crippen LogP contribution in [0.1, 0.15) is 45.6 Å². The Bertz CT molecular complexity index is 359. The van der Waals surface area contributed by atoms with E-state index in [1.165, 1.54) is 5.56 Å². The second-order valence-electron chi connectivity index (χ2n) is 3.60. The zero-order valence-electron chi connectivity index (χ0n) is 10.7. The second-order valence-corrected chi connectivity index (χ2v) is 3.60. The van der Waals surface area contributed by atoms with Crippen LogP contribution in [0.25, 0.3) is 0 Å². The first kappa shape index (κ1) is 14.3. The average molecular weight is 212 g/mol. The van der Waals surface area contributed by atoms with E-state index in [-0.39, 0.29) is 0 Å². The van der Waals surface area contributed by atoms with Gasteiger partial charge in [-0.1, -0.05) is 56.0 Å². The van der Waals surface area contributed by atoms with Gasteiger partial charge in [0.2, 0.25) is 0 Å². The van der Waals surface area contributed by atoms with E-state index in [0.717, 1.165) is 0 Å². The Morgan fingerprint density at radius 3 is 1.75 bits per heavy atom. The molecule has 0 aliphatic rings. The highest BCUT2D eigenvalue weighted by Crippen LogP contribution is 2.11. The van der Waals surface area contributed by atoms with Gasteiger partial charge < -0.3 is 0 Å². The SMILES string of the molecule is CC#CCC#CC.CC(C)c1ccccc1. The van der Waals surface area contributed by atoms with E-state index in [2.05, 4.69) is 61.8 Å². The molecular formula is C16H20. The molecule has 1 rings (SSSR count). The Kier molecular flexibility index (Phi) is 8.85. The maximum atomic E-state index is 2.83. The molecule has 0 spiro atoms. The summed E-state index contributed by atoms with van der Waals surface area (Å²) in [7, 11) is 0. The summed E-state index contributed by atoms with van der Waals surface area (Å²) < 4.78 is 0. The van der Waals surface area contributed by atoms with Crippen molar-refractivity contribution in [3.63, 3.8) is 0 Å². The van der Waals surface area contributed by atoms with Gasteiger partial charge in [0.25, 0.3) is 0 Å². The number of rotatable bonds is 1. The van der Waals surface area contributed by atoms with Crippen LogP contribution < -0.4 is 0 Å². The number of hydrogen-bond acceptors (Lipinski definition) is 0. The molecule has 0 N–H and O–H groups in total. The molecule has 0 aliphatic heterocycles. The van der Waals surface area contributed by atoms with Crippen molar-refractivity contribution in [2.45, 2.75) is 40.0 Å². The van der Waals surface area contributed by atoms with E-state index in [0.29, 0.717) is 12.3 Å². The third-order valence-electron chi connectivity index (χ3n) is 2.00. The van der Waals surface area contributed by atoms with Crippen molar-refractivity contribution >= 4 is 0 Å².